The zero-order valence-electron chi connectivity index (χ0n) is 11.5. The van der Waals surface area contributed by atoms with Crippen LogP contribution in [-0.4, -0.2) is 55.1 Å². The van der Waals surface area contributed by atoms with Crippen LogP contribution in [0.5, 0.6) is 0 Å². The number of carbonyl (C=O) groups excluding carboxylic acids is 1. The summed E-state index contributed by atoms with van der Waals surface area (Å²) in [5, 5.41) is 8.97. The molecule has 0 aliphatic rings. The minimum absolute atomic E-state index is 0.0233. The fourth-order valence-electron chi connectivity index (χ4n) is 1.63. The normalized spacial score (nSPS) is 10.5. The predicted molar refractivity (Wildman–Crippen MR) is 77.4 cm³/mol. The van der Waals surface area contributed by atoms with Crippen molar-refractivity contribution in [2.24, 2.45) is 0 Å². The van der Waals surface area contributed by atoms with Gasteiger partial charge >= 0.3 is 0 Å². The fourth-order valence-corrected chi connectivity index (χ4v) is 2.56. The number of aliphatic hydroxyl groups is 1. The van der Waals surface area contributed by atoms with Gasteiger partial charge in [0.15, 0.2) is 0 Å². The van der Waals surface area contributed by atoms with Crippen molar-refractivity contribution in [3.05, 3.63) is 29.8 Å². The second-order valence-corrected chi connectivity index (χ2v) is 5.17. The van der Waals surface area contributed by atoms with Gasteiger partial charge in [-0.2, -0.15) is 0 Å². The van der Waals surface area contributed by atoms with Crippen LogP contribution >= 0.6 is 11.8 Å². The van der Waals surface area contributed by atoms with Gasteiger partial charge in [0.2, 0.25) is 5.91 Å². The number of hydrogen-bond donors (Lipinski definition) is 1. The largest absolute Gasteiger partial charge is 0.395 e. The minimum Gasteiger partial charge on any atom is -0.395 e. The van der Waals surface area contributed by atoms with Crippen molar-refractivity contribution >= 4 is 17.7 Å². The third-order valence-corrected chi connectivity index (χ3v) is 3.89. The van der Waals surface area contributed by atoms with Crippen molar-refractivity contribution in [3.63, 3.8) is 0 Å². The summed E-state index contributed by atoms with van der Waals surface area (Å²) in [6.07, 6.45) is 0. The smallest absolute Gasteiger partial charge is 0.233 e. The Morgan fingerprint density at radius 2 is 2.11 bits per heavy atom. The van der Waals surface area contributed by atoms with E-state index >= 15 is 0 Å². The molecule has 0 radical (unpaired) electrons. The van der Waals surface area contributed by atoms with E-state index in [2.05, 4.69) is 0 Å². The van der Waals surface area contributed by atoms with E-state index < -0.39 is 0 Å². The molecular formula is C14H21NO3S. The number of hydrogen-bond acceptors (Lipinski definition) is 4. The quantitative estimate of drug-likeness (QED) is 0.736. The number of methoxy groups -OCH3 is 1. The first kappa shape index (κ1) is 16.0. The molecule has 0 aliphatic heterocycles. The number of aliphatic hydroxyl groups excluding tert-OH is 1. The van der Waals surface area contributed by atoms with E-state index in [1.165, 1.54) is 17.3 Å². The van der Waals surface area contributed by atoms with Crippen molar-refractivity contribution in [1.29, 1.82) is 0 Å². The number of nitrogens with zero attached hydrogens (tertiary/aromatic N) is 1. The van der Waals surface area contributed by atoms with E-state index in [9.17, 15) is 4.79 Å². The lowest BCUT2D eigenvalue weighted by Crippen LogP contribution is -2.37. The summed E-state index contributed by atoms with van der Waals surface area (Å²) in [4.78, 5) is 14.8. The zero-order valence-corrected chi connectivity index (χ0v) is 12.3. The van der Waals surface area contributed by atoms with Gasteiger partial charge in [-0.15, -0.1) is 11.8 Å². The Kier molecular flexibility index (Phi) is 7.55. The summed E-state index contributed by atoms with van der Waals surface area (Å²) in [6.45, 7) is 3.37. The van der Waals surface area contributed by atoms with E-state index in [0.29, 0.717) is 25.4 Å². The molecule has 0 aliphatic carbocycles. The van der Waals surface area contributed by atoms with Gasteiger partial charge in [0.25, 0.3) is 0 Å². The van der Waals surface area contributed by atoms with Crippen LogP contribution in [0.15, 0.2) is 29.2 Å². The second-order valence-electron chi connectivity index (χ2n) is 4.15. The third-order valence-electron chi connectivity index (χ3n) is 2.73. The molecule has 0 unspecified atom stereocenters. The number of thioether (sulfide) groups is 1. The van der Waals surface area contributed by atoms with Crippen LogP contribution in [0, 0.1) is 6.92 Å². The maximum atomic E-state index is 12.1. The Morgan fingerprint density at radius 1 is 1.37 bits per heavy atom. The molecular weight excluding hydrogens is 262 g/mol. The maximum Gasteiger partial charge on any atom is 0.233 e. The van der Waals surface area contributed by atoms with Crippen LogP contribution in [0.25, 0.3) is 0 Å². The van der Waals surface area contributed by atoms with Crippen LogP contribution in [-0.2, 0) is 9.53 Å². The van der Waals surface area contributed by atoms with Crippen molar-refractivity contribution in [2.45, 2.75) is 11.8 Å². The van der Waals surface area contributed by atoms with Crippen LogP contribution in [0.1, 0.15) is 5.56 Å². The highest BCUT2D eigenvalue weighted by molar-refractivity contribution is 8.00. The Hall–Kier alpha value is -1.04. The van der Waals surface area contributed by atoms with E-state index in [1.54, 1.807) is 12.0 Å². The summed E-state index contributed by atoms with van der Waals surface area (Å²) < 4.78 is 4.97. The molecule has 1 rings (SSSR count). The SMILES string of the molecule is COCCN(CCO)C(=O)CSc1ccccc1C. The molecule has 0 atom stereocenters. The Morgan fingerprint density at radius 3 is 2.74 bits per heavy atom. The van der Waals surface area contributed by atoms with Gasteiger partial charge in [0, 0.05) is 25.1 Å². The van der Waals surface area contributed by atoms with E-state index in [-0.39, 0.29) is 12.5 Å². The van der Waals surface area contributed by atoms with Gasteiger partial charge in [-0.3, -0.25) is 4.79 Å². The second kappa shape index (κ2) is 8.96. The molecule has 0 saturated heterocycles. The summed E-state index contributed by atoms with van der Waals surface area (Å²) in [7, 11) is 1.60. The topological polar surface area (TPSA) is 49.8 Å². The summed E-state index contributed by atoms with van der Waals surface area (Å²) >= 11 is 1.53. The minimum atomic E-state index is -0.0233. The lowest BCUT2D eigenvalue weighted by molar-refractivity contribution is -0.129. The molecule has 1 aromatic carbocycles. The Labute approximate surface area is 118 Å². The number of ether oxygens (including phenoxy) is 1. The highest BCUT2D eigenvalue weighted by Crippen LogP contribution is 2.21. The lowest BCUT2D eigenvalue weighted by atomic mass is 10.2. The Bertz CT molecular complexity index is 398. The molecule has 106 valence electrons. The molecule has 0 spiro atoms. The number of carbonyl (C=O) groups is 1. The molecule has 1 amide bonds. The van der Waals surface area contributed by atoms with Crippen LogP contribution in [0.3, 0.4) is 0 Å². The standard InChI is InChI=1S/C14H21NO3S/c1-12-5-3-4-6-13(12)19-11-14(17)15(7-9-16)8-10-18-2/h3-6,16H,7-11H2,1-2H3. The zero-order chi connectivity index (χ0) is 14.1. The fraction of sp³-hybridized carbons (Fsp3) is 0.500. The molecule has 0 saturated carbocycles. The van der Waals surface area contributed by atoms with Crippen LogP contribution in [0.2, 0.25) is 0 Å². The number of aryl methyl sites for hydroxylation is 1. The van der Waals surface area contributed by atoms with Gasteiger partial charge < -0.3 is 14.7 Å². The summed E-state index contributed by atoms with van der Waals surface area (Å²) in [5.74, 6) is 0.411. The van der Waals surface area contributed by atoms with Gasteiger partial charge in [-0.05, 0) is 18.6 Å². The molecule has 4 nitrogen and oxygen atoms in total. The lowest BCUT2D eigenvalue weighted by Gasteiger charge is -2.21. The Balaban J connectivity index is 2.50. The maximum absolute atomic E-state index is 12.1. The number of amides is 1. The molecule has 19 heavy (non-hydrogen) atoms. The van der Waals surface area contributed by atoms with Crippen molar-refractivity contribution in [1.82, 2.24) is 4.90 Å². The molecule has 0 aromatic heterocycles. The first-order valence-electron chi connectivity index (χ1n) is 6.25. The first-order chi connectivity index (χ1) is 9.19. The first-order valence-corrected chi connectivity index (χ1v) is 7.23. The molecule has 0 fully saturated rings. The predicted octanol–water partition coefficient (Wildman–Crippen LogP) is 1.55. The van der Waals surface area contributed by atoms with Crippen molar-refractivity contribution in [2.75, 3.05) is 39.2 Å². The average molecular weight is 283 g/mol. The summed E-state index contributed by atoms with van der Waals surface area (Å²) in [5.41, 5.74) is 1.17. The van der Waals surface area contributed by atoms with Gasteiger partial charge in [0.1, 0.15) is 0 Å². The third kappa shape index (κ3) is 5.63. The van der Waals surface area contributed by atoms with Gasteiger partial charge in [-0.25, -0.2) is 0 Å². The number of benzene rings is 1. The van der Waals surface area contributed by atoms with Crippen LogP contribution < -0.4 is 0 Å². The molecule has 5 heteroatoms. The van der Waals surface area contributed by atoms with E-state index in [1.807, 2.05) is 31.2 Å². The van der Waals surface area contributed by atoms with Gasteiger partial charge in [-0.1, -0.05) is 18.2 Å². The molecule has 0 heterocycles. The van der Waals surface area contributed by atoms with Gasteiger partial charge in [0.05, 0.1) is 19.0 Å². The van der Waals surface area contributed by atoms with Crippen molar-refractivity contribution in [3.8, 4) is 0 Å². The molecule has 0 bridgehead atoms. The van der Waals surface area contributed by atoms with Crippen LogP contribution in [0.4, 0.5) is 0 Å². The highest BCUT2D eigenvalue weighted by atomic mass is 32.2. The van der Waals surface area contributed by atoms with E-state index in [4.69, 9.17) is 9.84 Å². The number of rotatable bonds is 8. The molecule has 1 aromatic rings. The van der Waals surface area contributed by atoms with E-state index in [0.717, 1.165) is 4.90 Å². The highest BCUT2D eigenvalue weighted by Gasteiger charge is 2.13. The average Bonchev–Trinajstić information content (AvgIpc) is 2.42. The van der Waals surface area contributed by atoms with Crippen molar-refractivity contribution < 1.29 is 14.6 Å². The summed E-state index contributed by atoms with van der Waals surface area (Å²) in [6, 6.07) is 8.00. The molecule has 1 N–H and O–H groups in total. The monoisotopic (exact) mass is 283 g/mol.